The van der Waals surface area contributed by atoms with Crippen LogP contribution in [-0.2, 0) is 6.54 Å². The lowest BCUT2D eigenvalue weighted by atomic mass is 10.1. The van der Waals surface area contributed by atoms with E-state index in [9.17, 15) is 4.79 Å². The maximum Gasteiger partial charge on any atom is 0.258 e. The summed E-state index contributed by atoms with van der Waals surface area (Å²) in [4.78, 5) is 14.8. The zero-order valence-electron chi connectivity index (χ0n) is 13.3. The Bertz CT molecular complexity index is 692. The van der Waals surface area contributed by atoms with Gasteiger partial charge in [0, 0.05) is 30.9 Å². The minimum absolute atomic E-state index is 0.162. The van der Waals surface area contributed by atoms with E-state index >= 15 is 0 Å². The Morgan fingerprint density at radius 1 is 1.30 bits per heavy atom. The van der Waals surface area contributed by atoms with Crippen LogP contribution in [0.3, 0.4) is 0 Å². The first-order valence-corrected chi connectivity index (χ1v) is 8.43. The molecule has 2 aromatic rings. The van der Waals surface area contributed by atoms with Crippen LogP contribution in [0.1, 0.15) is 36.5 Å². The molecule has 1 aromatic heterocycles. The normalized spacial score (nSPS) is 14.8. The number of piperidine rings is 1. The van der Waals surface area contributed by atoms with Crippen molar-refractivity contribution in [2.24, 2.45) is 0 Å². The highest BCUT2D eigenvalue weighted by Crippen LogP contribution is 2.31. The number of carbonyl (C=O) groups is 1. The van der Waals surface area contributed by atoms with Crippen LogP contribution < -0.4 is 10.2 Å². The summed E-state index contributed by atoms with van der Waals surface area (Å²) in [6.07, 6.45) is 6.96. The van der Waals surface area contributed by atoms with E-state index in [2.05, 4.69) is 15.3 Å². The molecule has 6 heteroatoms. The highest BCUT2D eigenvalue weighted by Gasteiger charge is 2.17. The molecule has 0 aliphatic carbocycles. The molecule has 1 aromatic carbocycles. The maximum atomic E-state index is 12.5. The fourth-order valence-electron chi connectivity index (χ4n) is 2.87. The van der Waals surface area contributed by atoms with Gasteiger partial charge in [-0.25, -0.2) is 0 Å². The summed E-state index contributed by atoms with van der Waals surface area (Å²) < 4.78 is 1.73. The first-order valence-electron chi connectivity index (χ1n) is 8.05. The van der Waals surface area contributed by atoms with Crippen LogP contribution in [0.4, 0.5) is 11.4 Å². The van der Waals surface area contributed by atoms with Gasteiger partial charge in [-0.2, -0.15) is 5.10 Å². The van der Waals surface area contributed by atoms with Crippen molar-refractivity contribution in [3.8, 4) is 0 Å². The summed E-state index contributed by atoms with van der Waals surface area (Å²) in [5.74, 6) is -0.162. The van der Waals surface area contributed by atoms with Crippen LogP contribution in [0, 0.1) is 0 Å². The van der Waals surface area contributed by atoms with Crippen LogP contribution >= 0.6 is 11.6 Å². The quantitative estimate of drug-likeness (QED) is 0.926. The first kappa shape index (κ1) is 15.9. The maximum absolute atomic E-state index is 12.5. The summed E-state index contributed by atoms with van der Waals surface area (Å²) in [6, 6.07) is 5.67. The average molecular weight is 333 g/mol. The number of rotatable bonds is 4. The molecule has 2 heterocycles. The summed E-state index contributed by atoms with van der Waals surface area (Å²) in [6.45, 7) is 4.75. The zero-order chi connectivity index (χ0) is 16.2. The highest BCUT2D eigenvalue weighted by atomic mass is 35.5. The number of aromatic nitrogens is 2. The van der Waals surface area contributed by atoms with Crippen molar-refractivity contribution < 1.29 is 4.79 Å². The number of nitrogens with zero attached hydrogens (tertiary/aromatic N) is 3. The van der Waals surface area contributed by atoms with E-state index in [0.717, 1.165) is 31.0 Å². The molecule has 1 fully saturated rings. The molecule has 23 heavy (non-hydrogen) atoms. The summed E-state index contributed by atoms with van der Waals surface area (Å²) >= 11 is 6.13. The number of carbonyl (C=O) groups excluding carboxylic acids is 1. The van der Waals surface area contributed by atoms with Crippen molar-refractivity contribution in [2.45, 2.75) is 32.7 Å². The third-order valence-corrected chi connectivity index (χ3v) is 4.36. The van der Waals surface area contributed by atoms with Gasteiger partial charge in [0.2, 0.25) is 0 Å². The molecule has 1 aliphatic heterocycles. The molecular formula is C17H21ClN4O. The Kier molecular flexibility index (Phi) is 4.86. The van der Waals surface area contributed by atoms with Crippen LogP contribution in [0.15, 0.2) is 30.6 Å². The molecule has 1 aliphatic rings. The number of halogens is 1. The van der Waals surface area contributed by atoms with Gasteiger partial charge in [0.1, 0.15) is 0 Å². The Hall–Kier alpha value is -2.01. The van der Waals surface area contributed by atoms with Crippen molar-refractivity contribution in [3.63, 3.8) is 0 Å². The molecule has 1 amide bonds. The van der Waals surface area contributed by atoms with Crippen LogP contribution in [-0.4, -0.2) is 28.8 Å². The van der Waals surface area contributed by atoms with Gasteiger partial charge in [-0.1, -0.05) is 11.6 Å². The number of hydrogen-bond acceptors (Lipinski definition) is 3. The van der Waals surface area contributed by atoms with Crippen molar-refractivity contribution in [1.29, 1.82) is 0 Å². The largest absolute Gasteiger partial charge is 0.370 e. The van der Waals surface area contributed by atoms with Gasteiger partial charge >= 0.3 is 0 Å². The second-order valence-corrected chi connectivity index (χ2v) is 6.18. The van der Waals surface area contributed by atoms with Gasteiger partial charge in [0.15, 0.2) is 0 Å². The first-order chi connectivity index (χ1) is 11.2. The van der Waals surface area contributed by atoms with Crippen molar-refractivity contribution >= 4 is 28.9 Å². The number of nitrogens with one attached hydrogen (secondary N) is 1. The summed E-state index contributed by atoms with van der Waals surface area (Å²) in [7, 11) is 0. The number of aryl methyl sites for hydroxylation is 1. The molecular weight excluding hydrogens is 312 g/mol. The van der Waals surface area contributed by atoms with Gasteiger partial charge in [-0.15, -0.1) is 0 Å². The van der Waals surface area contributed by atoms with Crippen molar-refractivity contribution in [3.05, 3.63) is 41.2 Å². The minimum Gasteiger partial charge on any atom is -0.370 e. The van der Waals surface area contributed by atoms with Crippen molar-refractivity contribution in [2.75, 3.05) is 23.3 Å². The van der Waals surface area contributed by atoms with E-state index in [1.54, 1.807) is 17.1 Å². The third kappa shape index (κ3) is 3.67. The Morgan fingerprint density at radius 2 is 2.09 bits per heavy atom. The minimum atomic E-state index is -0.162. The summed E-state index contributed by atoms with van der Waals surface area (Å²) in [5.41, 5.74) is 2.34. The van der Waals surface area contributed by atoms with E-state index in [0.29, 0.717) is 10.6 Å². The SMILES string of the molecule is CCn1cc(C(=O)Nc2cc(Cl)ccc2N2CCCCC2)cn1. The monoisotopic (exact) mass is 332 g/mol. The van der Waals surface area contributed by atoms with Gasteiger partial charge in [0.25, 0.3) is 5.91 Å². The molecule has 3 rings (SSSR count). The lowest BCUT2D eigenvalue weighted by Crippen LogP contribution is -2.30. The molecule has 0 spiro atoms. The standard InChI is InChI=1S/C17H21ClN4O/c1-2-22-12-13(11-19-22)17(23)20-15-10-14(18)6-7-16(15)21-8-4-3-5-9-21/h6-7,10-12H,2-5,8-9H2,1H3,(H,20,23). The molecule has 0 atom stereocenters. The van der Waals surface area contributed by atoms with E-state index in [4.69, 9.17) is 11.6 Å². The Morgan fingerprint density at radius 3 is 2.78 bits per heavy atom. The van der Waals surface area contributed by atoms with Gasteiger partial charge in [0.05, 0.1) is 23.1 Å². The predicted octanol–water partition coefficient (Wildman–Crippen LogP) is 3.80. The molecule has 0 saturated carbocycles. The fraction of sp³-hybridized carbons (Fsp3) is 0.412. The topological polar surface area (TPSA) is 50.2 Å². The molecule has 5 nitrogen and oxygen atoms in total. The van der Waals surface area contributed by atoms with Crippen LogP contribution in [0.25, 0.3) is 0 Å². The molecule has 1 N–H and O–H groups in total. The van der Waals surface area contributed by atoms with E-state index < -0.39 is 0 Å². The molecule has 122 valence electrons. The second-order valence-electron chi connectivity index (χ2n) is 5.75. The lowest BCUT2D eigenvalue weighted by Gasteiger charge is -2.30. The molecule has 0 unspecified atom stereocenters. The fourth-order valence-corrected chi connectivity index (χ4v) is 3.04. The molecule has 0 radical (unpaired) electrons. The average Bonchev–Trinajstić information content (AvgIpc) is 3.05. The van der Waals surface area contributed by atoms with Gasteiger partial charge in [-0.3, -0.25) is 9.48 Å². The number of hydrogen-bond donors (Lipinski definition) is 1. The van der Waals surface area contributed by atoms with Gasteiger partial charge < -0.3 is 10.2 Å². The number of benzene rings is 1. The highest BCUT2D eigenvalue weighted by molar-refractivity contribution is 6.31. The Labute approximate surface area is 141 Å². The van der Waals surface area contributed by atoms with E-state index in [1.165, 1.54) is 19.3 Å². The van der Waals surface area contributed by atoms with E-state index in [-0.39, 0.29) is 5.91 Å². The zero-order valence-corrected chi connectivity index (χ0v) is 14.0. The third-order valence-electron chi connectivity index (χ3n) is 4.12. The smallest absolute Gasteiger partial charge is 0.258 e. The predicted molar refractivity (Wildman–Crippen MR) is 93.4 cm³/mol. The van der Waals surface area contributed by atoms with Gasteiger partial charge in [-0.05, 0) is 44.4 Å². The molecule has 1 saturated heterocycles. The number of anilines is 2. The van der Waals surface area contributed by atoms with Crippen LogP contribution in [0.5, 0.6) is 0 Å². The number of amides is 1. The lowest BCUT2D eigenvalue weighted by molar-refractivity contribution is 0.102. The molecule has 0 bridgehead atoms. The second kappa shape index (κ2) is 7.04. The Balaban J connectivity index is 1.83. The summed E-state index contributed by atoms with van der Waals surface area (Å²) in [5, 5.41) is 7.75. The van der Waals surface area contributed by atoms with Crippen LogP contribution in [0.2, 0.25) is 5.02 Å². The van der Waals surface area contributed by atoms with Crippen molar-refractivity contribution in [1.82, 2.24) is 9.78 Å². The van der Waals surface area contributed by atoms with E-state index in [1.807, 2.05) is 25.1 Å².